The molecule has 1 fully saturated rings. The van der Waals surface area contributed by atoms with E-state index in [-0.39, 0.29) is 24.3 Å². The Morgan fingerprint density at radius 3 is 2.56 bits per heavy atom. The van der Waals surface area contributed by atoms with Crippen LogP contribution in [0.5, 0.6) is 5.75 Å². The van der Waals surface area contributed by atoms with Crippen molar-refractivity contribution in [3.8, 4) is 5.75 Å². The number of phenols is 1. The number of rotatable bonds is 5. The largest absolute Gasteiger partial charge is 0.508 e. The summed E-state index contributed by atoms with van der Waals surface area (Å²) in [6.45, 7) is 1.54. The van der Waals surface area contributed by atoms with E-state index in [2.05, 4.69) is 10.6 Å². The number of nitrogens with one attached hydrogen (secondary N) is 2. The molecular weight excluding hydrogens is 332 g/mol. The second kappa shape index (κ2) is 8.26. The van der Waals surface area contributed by atoms with E-state index in [0.29, 0.717) is 0 Å². The molecule has 0 spiro atoms. The van der Waals surface area contributed by atoms with Crippen LogP contribution in [0.2, 0.25) is 0 Å². The summed E-state index contributed by atoms with van der Waals surface area (Å²) in [5.74, 6) is -0.982. The third kappa shape index (κ3) is 4.89. The molecule has 138 valence electrons. The predicted molar refractivity (Wildman–Crippen MR) is 85.6 cm³/mol. The zero-order chi connectivity index (χ0) is 18.6. The fourth-order valence-corrected chi connectivity index (χ4v) is 2.44. The molecule has 1 aliphatic rings. The lowest BCUT2D eigenvalue weighted by Crippen LogP contribution is -2.61. The van der Waals surface area contributed by atoms with E-state index < -0.39 is 42.5 Å². The number of carbonyl (C=O) groups is 2. The molecule has 0 saturated carbocycles. The number of hydrogen-bond donors (Lipinski definition) is 6. The van der Waals surface area contributed by atoms with Crippen LogP contribution in [0.15, 0.2) is 24.3 Å². The van der Waals surface area contributed by atoms with Crippen molar-refractivity contribution in [2.45, 2.75) is 44.0 Å². The summed E-state index contributed by atoms with van der Waals surface area (Å²) < 4.78 is 5.25. The maximum atomic E-state index is 11.9. The van der Waals surface area contributed by atoms with Gasteiger partial charge in [-0.05, 0) is 25.1 Å². The number of hydrogen-bond acceptors (Lipinski definition) is 7. The molecule has 0 aromatic heterocycles. The Bertz CT molecular complexity index is 624. The molecule has 1 heterocycles. The molecule has 0 bridgehead atoms. The minimum atomic E-state index is -1.46. The van der Waals surface area contributed by atoms with Gasteiger partial charge in [0.05, 0.1) is 6.10 Å². The Labute approximate surface area is 144 Å². The van der Waals surface area contributed by atoms with Gasteiger partial charge in [0.1, 0.15) is 24.1 Å². The Hall–Kier alpha value is -2.20. The van der Waals surface area contributed by atoms with Crippen LogP contribution in [0.3, 0.4) is 0 Å². The van der Waals surface area contributed by atoms with Crippen LogP contribution in [0, 0.1) is 0 Å². The lowest BCUT2D eigenvalue weighted by atomic mass is 9.99. The number of aliphatic hydroxyl groups is 3. The van der Waals surface area contributed by atoms with Crippen molar-refractivity contribution in [2.24, 2.45) is 0 Å². The highest BCUT2D eigenvalue weighted by Gasteiger charge is 2.42. The Morgan fingerprint density at radius 1 is 1.16 bits per heavy atom. The van der Waals surface area contributed by atoms with Crippen molar-refractivity contribution in [2.75, 3.05) is 6.54 Å². The van der Waals surface area contributed by atoms with Crippen molar-refractivity contribution < 1.29 is 34.8 Å². The fraction of sp³-hybridized carbons (Fsp3) is 0.500. The molecule has 9 heteroatoms. The molecule has 0 aliphatic carbocycles. The topological polar surface area (TPSA) is 148 Å². The van der Waals surface area contributed by atoms with Crippen molar-refractivity contribution in [3.05, 3.63) is 29.8 Å². The van der Waals surface area contributed by atoms with Gasteiger partial charge in [-0.15, -0.1) is 0 Å². The molecule has 25 heavy (non-hydrogen) atoms. The highest BCUT2D eigenvalue weighted by molar-refractivity contribution is 5.94. The summed E-state index contributed by atoms with van der Waals surface area (Å²) in [4.78, 5) is 23.7. The molecule has 1 aromatic rings. The van der Waals surface area contributed by atoms with E-state index in [4.69, 9.17) is 4.74 Å². The van der Waals surface area contributed by atoms with Gasteiger partial charge in [-0.2, -0.15) is 0 Å². The van der Waals surface area contributed by atoms with Gasteiger partial charge in [0, 0.05) is 18.5 Å². The van der Waals surface area contributed by atoms with Gasteiger partial charge in [-0.25, -0.2) is 0 Å². The number of aliphatic hydroxyl groups excluding tert-OH is 3. The molecule has 1 aromatic carbocycles. The van der Waals surface area contributed by atoms with E-state index in [9.17, 15) is 30.0 Å². The first-order valence-electron chi connectivity index (χ1n) is 7.86. The van der Waals surface area contributed by atoms with Gasteiger partial charge in [-0.3, -0.25) is 9.59 Å². The van der Waals surface area contributed by atoms with Crippen LogP contribution in [0.25, 0.3) is 0 Å². The number of aromatic hydroxyl groups is 1. The maximum absolute atomic E-state index is 11.9. The quantitative estimate of drug-likeness (QED) is 0.375. The van der Waals surface area contributed by atoms with Gasteiger partial charge in [0.2, 0.25) is 5.91 Å². The number of ether oxygens (including phenoxy) is 1. The summed E-state index contributed by atoms with van der Waals surface area (Å²) in [5.41, 5.74) is 0.261. The second-order valence-corrected chi connectivity index (χ2v) is 5.86. The first-order valence-corrected chi connectivity index (χ1v) is 7.86. The van der Waals surface area contributed by atoms with Gasteiger partial charge in [-0.1, -0.05) is 6.07 Å². The van der Waals surface area contributed by atoms with Crippen molar-refractivity contribution >= 4 is 11.8 Å². The first kappa shape index (κ1) is 19.1. The second-order valence-electron chi connectivity index (χ2n) is 5.86. The van der Waals surface area contributed by atoms with Crippen molar-refractivity contribution in [3.63, 3.8) is 0 Å². The van der Waals surface area contributed by atoms with Gasteiger partial charge in [0.25, 0.3) is 5.91 Å². The smallest absolute Gasteiger partial charge is 0.251 e. The summed E-state index contributed by atoms with van der Waals surface area (Å²) in [6, 6.07) is 5.79. The standard InChI is InChI=1S/C16H22N2O7/c1-8-12(21)13(22)14(23)16(25-8)18-11(20)5-6-17-15(24)9-3-2-4-10(19)7-9/h2-4,7-8,12-14,16,19,21-23H,5-6H2,1H3,(H,17,24)(H,18,20)/t8-,12+,13+,14-,16+/m0/s1. The van der Waals surface area contributed by atoms with Crippen molar-refractivity contribution in [1.82, 2.24) is 10.6 Å². The Morgan fingerprint density at radius 2 is 1.88 bits per heavy atom. The summed E-state index contributed by atoms with van der Waals surface area (Å²) in [6.07, 6.45) is -6.12. The Kier molecular flexibility index (Phi) is 6.32. The molecule has 0 radical (unpaired) electrons. The maximum Gasteiger partial charge on any atom is 0.251 e. The zero-order valence-electron chi connectivity index (χ0n) is 13.6. The summed E-state index contributed by atoms with van der Waals surface area (Å²) in [7, 11) is 0. The van der Waals surface area contributed by atoms with Crippen LogP contribution in [-0.4, -0.2) is 69.4 Å². The monoisotopic (exact) mass is 354 g/mol. The first-order chi connectivity index (χ1) is 11.8. The fourth-order valence-electron chi connectivity index (χ4n) is 2.44. The third-order valence-electron chi connectivity index (χ3n) is 3.90. The number of benzene rings is 1. The zero-order valence-corrected chi connectivity index (χ0v) is 13.6. The SMILES string of the molecule is C[C@@H]1O[C@@H](NC(=O)CCNC(=O)c2cccc(O)c2)[C@@H](O)[C@H](O)[C@@H]1O. The van der Waals surface area contributed by atoms with E-state index >= 15 is 0 Å². The molecule has 9 nitrogen and oxygen atoms in total. The predicted octanol–water partition coefficient (Wildman–Crippen LogP) is -1.54. The van der Waals surface area contributed by atoms with Gasteiger partial charge >= 0.3 is 0 Å². The van der Waals surface area contributed by atoms with E-state index in [1.165, 1.54) is 31.2 Å². The van der Waals surface area contributed by atoms with Crippen LogP contribution in [0.1, 0.15) is 23.7 Å². The van der Waals surface area contributed by atoms with Crippen molar-refractivity contribution in [1.29, 1.82) is 0 Å². The minimum Gasteiger partial charge on any atom is -0.508 e. The summed E-state index contributed by atoms with van der Waals surface area (Å²) >= 11 is 0. The number of carbonyl (C=O) groups excluding carboxylic acids is 2. The normalized spacial score (nSPS) is 29.0. The molecule has 5 atom stereocenters. The van der Waals surface area contributed by atoms with Gasteiger partial charge in [0.15, 0.2) is 6.23 Å². The number of phenolic OH excluding ortho intramolecular Hbond substituents is 1. The van der Waals surface area contributed by atoms with Crippen LogP contribution in [-0.2, 0) is 9.53 Å². The number of amides is 2. The lowest BCUT2D eigenvalue weighted by Gasteiger charge is -2.39. The molecule has 1 aliphatic heterocycles. The third-order valence-corrected chi connectivity index (χ3v) is 3.90. The van der Waals surface area contributed by atoms with Crippen LogP contribution < -0.4 is 10.6 Å². The Balaban J connectivity index is 1.78. The average Bonchev–Trinajstić information content (AvgIpc) is 2.57. The molecule has 1 saturated heterocycles. The van der Waals surface area contributed by atoms with Gasteiger partial charge < -0.3 is 35.8 Å². The highest BCUT2D eigenvalue weighted by Crippen LogP contribution is 2.19. The highest BCUT2D eigenvalue weighted by atomic mass is 16.5. The molecule has 0 unspecified atom stereocenters. The molecular formula is C16H22N2O7. The van der Waals surface area contributed by atoms with Crippen LogP contribution >= 0.6 is 0 Å². The van der Waals surface area contributed by atoms with E-state index in [1.54, 1.807) is 0 Å². The average molecular weight is 354 g/mol. The van der Waals surface area contributed by atoms with E-state index in [0.717, 1.165) is 0 Å². The molecule has 2 rings (SSSR count). The molecule has 2 amide bonds. The lowest BCUT2D eigenvalue weighted by molar-refractivity contribution is -0.224. The molecule has 6 N–H and O–H groups in total. The minimum absolute atomic E-state index is 0.0316. The summed E-state index contributed by atoms with van der Waals surface area (Å²) in [5, 5.41) is 43.3. The van der Waals surface area contributed by atoms with E-state index in [1.807, 2.05) is 0 Å². The van der Waals surface area contributed by atoms with Crippen LogP contribution in [0.4, 0.5) is 0 Å².